The van der Waals surface area contributed by atoms with Crippen molar-refractivity contribution >= 4 is 33.4 Å². The number of fused-ring (bicyclic) bond motifs is 1. The Morgan fingerprint density at radius 1 is 1.24 bits per heavy atom. The lowest BCUT2D eigenvalue weighted by atomic mass is 10.2. The molecule has 114 valence electrons. The van der Waals surface area contributed by atoms with Crippen LogP contribution in [0, 0.1) is 0 Å². The lowest BCUT2D eigenvalue weighted by Gasteiger charge is -2.22. The number of nitrogens with one attached hydrogen (secondary N) is 1. The van der Waals surface area contributed by atoms with Gasteiger partial charge in [-0.3, -0.25) is 4.79 Å². The number of ether oxygens (including phenoxy) is 1. The van der Waals surface area contributed by atoms with Gasteiger partial charge in [-0.1, -0.05) is 0 Å². The van der Waals surface area contributed by atoms with Gasteiger partial charge in [-0.2, -0.15) is 16.1 Å². The molecule has 0 aromatic heterocycles. The number of sulfonamides is 1. The van der Waals surface area contributed by atoms with Crippen molar-refractivity contribution in [2.45, 2.75) is 11.3 Å². The van der Waals surface area contributed by atoms with E-state index >= 15 is 0 Å². The fraction of sp³-hybridized carbons (Fsp3) is 0.462. The first-order chi connectivity index (χ1) is 10.1. The summed E-state index contributed by atoms with van der Waals surface area (Å²) in [7, 11) is -3.52. The van der Waals surface area contributed by atoms with Crippen LogP contribution in [0.2, 0.25) is 0 Å². The summed E-state index contributed by atoms with van der Waals surface area (Å²) in [5.41, 5.74) is 0.413. The van der Waals surface area contributed by atoms with Crippen molar-refractivity contribution < 1.29 is 17.9 Å². The van der Waals surface area contributed by atoms with E-state index < -0.39 is 10.0 Å². The summed E-state index contributed by atoms with van der Waals surface area (Å²) < 4.78 is 32.1. The summed E-state index contributed by atoms with van der Waals surface area (Å²) >= 11 is 1.77. The molecular formula is C13H16N2O4S2. The Balaban J connectivity index is 1.91. The van der Waals surface area contributed by atoms with E-state index in [1.54, 1.807) is 17.8 Å². The highest BCUT2D eigenvalue weighted by molar-refractivity contribution is 7.99. The van der Waals surface area contributed by atoms with Crippen molar-refractivity contribution in [1.82, 2.24) is 4.31 Å². The molecule has 2 aliphatic rings. The number of carbonyl (C=O) groups excluding carboxylic acids is 1. The zero-order valence-electron chi connectivity index (χ0n) is 11.4. The molecule has 1 N–H and O–H groups in total. The van der Waals surface area contributed by atoms with Gasteiger partial charge in [-0.05, 0) is 30.4 Å². The number of hydrogen-bond acceptors (Lipinski definition) is 5. The third-order valence-electron chi connectivity index (χ3n) is 3.40. The molecule has 0 bridgehead atoms. The van der Waals surface area contributed by atoms with E-state index in [2.05, 4.69) is 5.32 Å². The summed E-state index contributed by atoms with van der Waals surface area (Å²) in [5, 5.41) is 2.64. The lowest BCUT2D eigenvalue weighted by molar-refractivity contribution is -0.118. The SMILES string of the molecule is O=C1COc2ccc(S(=O)(=O)N3CCCSCC3)cc2N1. The third kappa shape index (κ3) is 3.02. The van der Waals surface area contributed by atoms with Crippen LogP contribution in [0.5, 0.6) is 5.75 Å². The second kappa shape index (κ2) is 5.86. The van der Waals surface area contributed by atoms with Gasteiger partial charge in [-0.25, -0.2) is 8.42 Å². The minimum atomic E-state index is -3.52. The average Bonchev–Trinajstić information content (AvgIpc) is 2.76. The first kappa shape index (κ1) is 14.7. The fourth-order valence-electron chi connectivity index (χ4n) is 2.34. The number of rotatable bonds is 2. The Hall–Kier alpha value is -1.25. The van der Waals surface area contributed by atoms with Gasteiger partial charge >= 0.3 is 0 Å². The third-order valence-corrected chi connectivity index (χ3v) is 6.35. The van der Waals surface area contributed by atoms with Crippen LogP contribution in [0.1, 0.15) is 6.42 Å². The zero-order valence-corrected chi connectivity index (χ0v) is 13.0. The molecule has 1 fully saturated rings. The van der Waals surface area contributed by atoms with E-state index in [1.807, 2.05) is 0 Å². The normalized spacial score (nSPS) is 20.1. The second-order valence-corrected chi connectivity index (χ2v) is 8.03. The van der Waals surface area contributed by atoms with Crippen molar-refractivity contribution in [3.05, 3.63) is 18.2 Å². The Kier molecular flexibility index (Phi) is 4.10. The highest BCUT2D eigenvalue weighted by Crippen LogP contribution is 2.31. The van der Waals surface area contributed by atoms with E-state index in [0.717, 1.165) is 17.9 Å². The number of thioether (sulfide) groups is 1. The molecule has 2 heterocycles. The van der Waals surface area contributed by atoms with Crippen molar-refractivity contribution in [3.63, 3.8) is 0 Å². The molecule has 6 nitrogen and oxygen atoms in total. The van der Waals surface area contributed by atoms with Gasteiger partial charge in [0.1, 0.15) is 5.75 Å². The fourth-order valence-corrected chi connectivity index (χ4v) is 4.84. The Labute approximate surface area is 127 Å². The van der Waals surface area contributed by atoms with E-state index in [9.17, 15) is 13.2 Å². The maximum absolute atomic E-state index is 12.7. The summed E-state index contributed by atoms with van der Waals surface area (Å²) in [5.74, 6) is 2.02. The monoisotopic (exact) mass is 328 g/mol. The summed E-state index contributed by atoms with van der Waals surface area (Å²) in [4.78, 5) is 11.5. The molecule has 2 aliphatic heterocycles. The van der Waals surface area contributed by atoms with Crippen LogP contribution in [0.3, 0.4) is 0 Å². The van der Waals surface area contributed by atoms with Gasteiger partial charge < -0.3 is 10.1 Å². The Bertz CT molecular complexity index is 652. The molecular weight excluding hydrogens is 312 g/mol. The van der Waals surface area contributed by atoms with Crippen molar-refractivity contribution in [1.29, 1.82) is 0 Å². The highest BCUT2D eigenvalue weighted by atomic mass is 32.2. The molecule has 1 aromatic carbocycles. The van der Waals surface area contributed by atoms with Crippen LogP contribution in [0.15, 0.2) is 23.1 Å². The average molecular weight is 328 g/mol. The van der Waals surface area contributed by atoms with E-state index in [0.29, 0.717) is 24.5 Å². The first-order valence-electron chi connectivity index (χ1n) is 6.72. The molecule has 1 saturated heterocycles. The van der Waals surface area contributed by atoms with Crippen molar-refractivity contribution in [2.24, 2.45) is 0 Å². The summed E-state index contributed by atoms with van der Waals surface area (Å²) in [6, 6.07) is 4.59. The van der Waals surface area contributed by atoms with Crippen LogP contribution < -0.4 is 10.1 Å². The number of amides is 1. The van der Waals surface area contributed by atoms with Crippen LogP contribution in [0.25, 0.3) is 0 Å². The largest absolute Gasteiger partial charge is 0.482 e. The van der Waals surface area contributed by atoms with Gasteiger partial charge in [0.2, 0.25) is 10.0 Å². The quantitative estimate of drug-likeness (QED) is 0.881. The van der Waals surface area contributed by atoms with Gasteiger partial charge in [-0.15, -0.1) is 0 Å². The number of benzene rings is 1. The first-order valence-corrected chi connectivity index (χ1v) is 9.31. The van der Waals surface area contributed by atoms with Gasteiger partial charge in [0.15, 0.2) is 6.61 Å². The van der Waals surface area contributed by atoms with Crippen molar-refractivity contribution in [3.8, 4) is 5.75 Å². The van der Waals surface area contributed by atoms with E-state index in [1.165, 1.54) is 16.4 Å². The van der Waals surface area contributed by atoms with Crippen LogP contribution in [-0.2, 0) is 14.8 Å². The van der Waals surface area contributed by atoms with E-state index in [4.69, 9.17) is 4.74 Å². The molecule has 3 rings (SSSR count). The maximum Gasteiger partial charge on any atom is 0.262 e. The predicted molar refractivity (Wildman–Crippen MR) is 81.3 cm³/mol. The number of nitrogens with zero attached hydrogens (tertiary/aromatic N) is 1. The molecule has 1 aromatic rings. The second-order valence-electron chi connectivity index (χ2n) is 4.86. The maximum atomic E-state index is 12.7. The van der Waals surface area contributed by atoms with Crippen molar-refractivity contribution in [2.75, 3.05) is 36.5 Å². The summed E-state index contributed by atoms with van der Waals surface area (Å²) in [6.45, 7) is 1.02. The molecule has 21 heavy (non-hydrogen) atoms. The Morgan fingerprint density at radius 3 is 2.95 bits per heavy atom. The van der Waals surface area contributed by atoms with Crippen LogP contribution in [0.4, 0.5) is 5.69 Å². The molecule has 0 radical (unpaired) electrons. The smallest absolute Gasteiger partial charge is 0.262 e. The minimum absolute atomic E-state index is 0.0392. The van der Waals surface area contributed by atoms with Gasteiger partial charge in [0, 0.05) is 18.8 Å². The molecule has 0 aliphatic carbocycles. The minimum Gasteiger partial charge on any atom is -0.482 e. The standard InChI is InChI=1S/C13H16N2O4S2/c16-13-9-19-12-3-2-10(8-11(12)14-13)21(17,18)15-4-1-6-20-7-5-15/h2-3,8H,1,4-7,9H2,(H,14,16). The molecule has 0 saturated carbocycles. The van der Waals surface area contributed by atoms with Crippen LogP contribution in [-0.4, -0.2) is 49.8 Å². The molecule has 8 heteroatoms. The molecule has 0 atom stereocenters. The predicted octanol–water partition coefficient (Wildman–Crippen LogP) is 1.15. The molecule has 0 unspecified atom stereocenters. The van der Waals surface area contributed by atoms with Crippen LogP contribution >= 0.6 is 11.8 Å². The topological polar surface area (TPSA) is 75.7 Å². The Morgan fingerprint density at radius 2 is 2.10 bits per heavy atom. The van der Waals surface area contributed by atoms with Gasteiger partial charge in [0.25, 0.3) is 5.91 Å². The van der Waals surface area contributed by atoms with E-state index in [-0.39, 0.29) is 17.4 Å². The highest BCUT2D eigenvalue weighted by Gasteiger charge is 2.27. The number of carbonyl (C=O) groups is 1. The number of anilines is 1. The lowest BCUT2D eigenvalue weighted by Crippen LogP contribution is -2.33. The van der Waals surface area contributed by atoms with Gasteiger partial charge in [0.05, 0.1) is 10.6 Å². The number of hydrogen-bond donors (Lipinski definition) is 1. The molecule has 0 spiro atoms. The zero-order chi connectivity index (χ0) is 14.9. The summed E-state index contributed by atoms with van der Waals surface area (Å²) in [6.07, 6.45) is 0.856. The molecule has 1 amide bonds.